The lowest BCUT2D eigenvalue weighted by atomic mass is 9.99. The summed E-state index contributed by atoms with van der Waals surface area (Å²) in [6.45, 7) is 1.72. The molecule has 76 valence electrons. The minimum absolute atomic E-state index is 0.0221. The molecule has 1 fully saturated rings. The Hall–Kier alpha value is -1.50. The van der Waals surface area contributed by atoms with Crippen LogP contribution in [0, 0.1) is 5.92 Å². The predicted octanol–water partition coefficient (Wildman–Crippen LogP) is -0.862. The van der Waals surface area contributed by atoms with Crippen molar-refractivity contribution in [1.29, 1.82) is 0 Å². The van der Waals surface area contributed by atoms with Crippen molar-refractivity contribution in [3.05, 3.63) is 0 Å². The van der Waals surface area contributed by atoms with Gasteiger partial charge in [0.1, 0.15) is 0 Å². The fourth-order valence-corrected chi connectivity index (χ4v) is 1.51. The van der Waals surface area contributed by atoms with Gasteiger partial charge in [0.25, 0.3) is 0 Å². The van der Waals surface area contributed by atoms with Gasteiger partial charge in [0, 0.05) is 6.54 Å². The van der Waals surface area contributed by atoms with E-state index in [1.165, 1.54) is 0 Å². The number of tetrazole rings is 1. The first-order chi connectivity index (χ1) is 6.86. The molecular formula is C7H12N6O. The minimum atomic E-state index is -0.0317. The lowest BCUT2D eigenvalue weighted by molar-refractivity contribution is -0.120. The molecule has 1 aromatic rings. The monoisotopic (exact) mass is 196 g/mol. The van der Waals surface area contributed by atoms with E-state index in [2.05, 4.69) is 31.3 Å². The second-order valence-corrected chi connectivity index (χ2v) is 3.28. The number of hydrogen-bond acceptors (Lipinski definition) is 5. The van der Waals surface area contributed by atoms with E-state index in [4.69, 9.17) is 0 Å². The first-order valence-corrected chi connectivity index (χ1v) is 4.61. The molecule has 2 heterocycles. The lowest BCUT2D eigenvalue weighted by Crippen LogP contribution is -2.37. The van der Waals surface area contributed by atoms with Crippen LogP contribution >= 0.6 is 0 Å². The first kappa shape index (κ1) is 9.07. The van der Waals surface area contributed by atoms with Crippen molar-refractivity contribution in [3.8, 4) is 0 Å². The Morgan fingerprint density at radius 2 is 2.50 bits per heavy atom. The predicted molar refractivity (Wildman–Crippen MR) is 48.4 cm³/mol. The van der Waals surface area contributed by atoms with Crippen LogP contribution in [0.5, 0.6) is 0 Å². The number of anilines is 1. The Morgan fingerprint density at radius 1 is 1.57 bits per heavy atom. The number of nitrogens with one attached hydrogen (secondary N) is 3. The Labute approximate surface area is 80.6 Å². The van der Waals surface area contributed by atoms with Crippen molar-refractivity contribution < 1.29 is 4.79 Å². The second kappa shape index (κ2) is 4.14. The van der Waals surface area contributed by atoms with Gasteiger partial charge < -0.3 is 5.32 Å². The molecule has 0 saturated carbocycles. The topological polar surface area (TPSA) is 95.6 Å². The molecule has 0 spiro atoms. The molecule has 14 heavy (non-hydrogen) atoms. The summed E-state index contributed by atoms with van der Waals surface area (Å²) in [7, 11) is 0. The molecule has 1 unspecified atom stereocenters. The summed E-state index contributed by atoms with van der Waals surface area (Å²) >= 11 is 0. The van der Waals surface area contributed by atoms with Gasteiger partial charge in [-0.05, 0) is 29.8 Å². The molecule has 0 aromatic carbocycles. The van der Waals surface area contributed by atoms with Crippen molar-refractivity contribution in [2.45, 2.75) is 12.8 Å². The quantitative estimate of drug-likeness (QED) is 0.572. The van der Waals surface area contributed by atoms with E-state index in [9.17, 15) is 4.79 Å². The van der Waals surface area contributed by atoms with Crippen molar-refractivity contribution in [3.63, 3.8) is 0 Å². The molecule has 1 atom stereocenters. The summed E-state index contributed by atoms with van der Waals surface area (Å²) in [6.07, 6.45) is 1.95. The molecule has 7 heteroatoms. The lowest BCUT2D eigenvalue weighted by Gasteiger charge is -2.20. The Morgan fingerprint density at radius 3 is 3.14 bits per heavy atom. The molecule has 0 radical (unpaired) electrons. The number of rotatable bonds is 2. The van der Waals surface area contributed by atoms with Gasteiger partial charge in [-0.1, -0.05) is 5.10 Å². The highest BCUT2D eigenvalue weighted by Crippen LogP contribution is 2.11. The minimum Gasteiger partial charge on any atom is -0.316 e. The van der Waals surface area contributed by atoms with Crippen LogP contribution in [0.3, 0.4) is 0 Å². The van der Waals surface area contributed by atoms with Gasteiger partial charge in [-0.25, -0.2) is 5.10 Å². The zero-order valence-corrected chi connectivity index (χ0v) is 7.66. The van der Waals surface area contributed by atoms with E-state index in [1.54, 1.807) is 0 Å². The smallest absolute Gasteiger partial charge is 0.246 e. The van der Waals surface area contributed by atoms with Crippen LogP contribution in [-0.4, -0.2) is 39.6 Å². The number of carbonyl (C=O) groups excluding carboxylic acids is 1. The van der Waals surface area contributed by atoms with Crippen molar-refractivity contribution in [2.75, 3.05) is 18.4 Å². The molecule has 0 bridgehead atoms. The van der Waals surface area contributed by atoms with Crippen LogP contribution in [0.2, 0.25) is 0 Å². The van der Waals surface area contributed by atoms with Crippen LogP contribution < -0.4 is 10.6 Å². The number of aromatic amines is 1. The highest BCUT2D eigenvalue weighted by molar-refractivity contribution is 5.91. The van der Waals surface area contributed by atoms with Crippen LogP contribution in [-0.2, 0) is 4.79 Å². The van der Waals surface area contributed by atoms with Gasteiger partial charge in [-0.15, -0.1) is 0 Å². The molecule has 7 nitrogen and oxygen atoms in total. The van der Waals surface area contributed by atoms with Crippen molar-refractivity contribution >= 4 is 11.9 Å². The van der Waals surface area contributed by atoms with Crippen LogP contribution in [0.15, 0.2) is 0 Å². The average Bonchev–Trinajstić information content (AvgIpc) is 2.72. The van der Waals surface area contributed by atoms with Gasteiger partial charge >= 0.3 is 0 Å². The maximum absolute atomic E-state index is 11.6. The third-order valence-corrected chi connectivity index (χ3v) is 2.25. The summed E-state index contributed by atoms with van der Waals surface area (Å²) in [6, 6.07) is 0. The van der Waals surface area contributed by atoms with Gasteiger partial charge in [0.05, 0.1) is 5.92 Å². The van der Waals surface area contributed by atoms with E-state index in [0.717, 1.165) is 25.9 Å². The summed E-state index contributed by atoms with van der Waals surface area (Å²) in [5.74, 6) is 0.296. The van der Waals surface area contributed by atoms with Crippen molar-refractivity contribution in [1.82, 2.24) is 25.9 Å². The number of amides is 1. The van der Waals surface area contributed by atoms with Gasteiger partial charge in [-0.3, -0.25) is 10.1 Å². The number of H-pyrrole nitrogens is 1. The number of carbonyl (C=O) groups is 1. The number of aromatic nitrogens is 4. The third kappa shape index (κ3) is 2.05. The van der Waals surface area contributed by atoms with Crippen LogP contribution in [0.1, 0.15) is 12.8 Å². The van der Waals surface area contributed by atoms with E-state index in [1.807, 2.05) is 0 Å². The van der Waals surface area contributed by atoms with Crippen LogP contribution in [0.25, 0.3) is 0 Å². The standard InChI is InChI=1S/C7H12N6O/c14-6(5-2-1-3-8-4-5)9-7-10-12-13-11-7/h5,8H,1-4H2,(H2,9,10,11,12,13,14). The van der Waals surface area contributed by atoms with Crippen molar-refractivity contribution in [2.24, 2.45) is 5.92 Å². The fourth-order valence-electron chi connectivity index (χ4n) is 1.51. The third-order valence-electron chi connectivity index (χ3n) is 2.25. The van der Waals surface area contributed by atoms with E-state index >= 15 is 0 Å². The molecule has 1 aliphatic rings. The highest BCUT2D eigenvalue weighted by Gasteiger charge is 2.21. The zero-order valence-electron chi connectivity index (χ0n) is 7.66. The molecule has 2 rings (SSSR count). The maximum Gasteiger partial charge on any atom is 0.246 e. The summed E-state index contributed by atoms with van der Waals surface area (Å²) < 4.78 is 0. The van der Waals surface area contributed by atoms with E-state index in [0.29, 0.717) is 5.95 Å². The second-order valence-electron chi connectivity index (χ2n) is 3.28. The SMILES string of the molecule is O=C(Nc1nnn[nH]1)C1CCCNC1. The normalized spacial score (nSPS) is 21.9. The first-order valence-electron chi connectivity index (χ1n) is 4.61. The average molecular weight is 196 g/mol. The molecule has 1 aromatic heterocycles. The maximum atomic E-state index is 11.6. The number of piperidine rings is 1. The highest BCUT2D eigenvalue weighted by atomic mass is 16.2. The van der Waals surface area contributed by atoms with Gasteiger partial charge in [0.2, 0.25) is 11.9 Å². The number of hydrogen-bond donors (Lipinski definition) is 3. The van der Waals surface area contributed by atoms with Crippen LogP contribution in [0.4, 0.5) is 5.95 Å². The molecular weight excluding hydrogens is 184 g/mol. The Bertz CT molecular complexity index is 291. The van der Waals surface area contributed by atoms with Gasteiger partial charge in [-0.2, -0.15) is 0 Å². The molecule has 0 aliphatic carbocycles. The molecule has 1 amide bonds. The summed E-state index contributed by atoms with van der Waals surface area (Å²) in [4.78, 5) is 11.6. The van der Waals surface area contributed by atoms with Gasteiger partial charge in [0.15, 0.2) is 0 Å². The Balaban J connectivity index is 1.88. The zero-order chi connectivity index (χ0) is 9.80. The van der Waals surface area contributed by atoms with E-state index < -0.39 is 0 Å². The summed E-state index contributed by atoms with van der Waals surface area (Å²) in [5.41, 5.74) is 0. The Kier molecular flexibility index (Phi) is 2.68. The summed E-state index contributed by atoms with van der Waals surface area (Å²) in [5, 5.41) is 18.6. The molecule has 3 N–H and O–H groups in total. The number of nitrogens with zero attached hydrogens (tertiary/aromatic N) is 3. The fraction of sp³-hybridized carbons (Fsp3) is 0.714. The molecule has 1 aliphatic heterocycles. The molecule has 1 saturated heterocycles. The van der Waals surface area contributed by atoms with E-state index in [-0.39, 0.29) is 11.8 Å². The largest absolute Gasteiger partial charge is 0.316 e.